The Labute approximate surface area is 119 Å². The van der Waals surface area contributed by atoms with E-state index in [0.29, 0.717) is 12.1 Å². The number of benzene rings is 1. The minimum absolute atomic E-state index is 0.0372. The summed E-state index contributed by atoms with van der Waals surface area (Å²) in [6.07, 6.45) is -4.09. The highest BCUT2D eigenvalue weighted by Crippen LogP contribution is 2.13. The van der Waals surface area contributed by atoms with Crippen molar-refractivity contribution in [3.8, 4) is 0 Å². The lowest BCUT2D eigenvalue weighted by Gasteiger charge is -2.09. The molecule has 0 aliphatic heterocycles. The van der Waals surface area contributed by atoms with E-state index in [2.05, 4.69) is 5.32 Å². The van der Waals surface area contributed by atoms with E-state index in [1.165, 1.54) is 0 Å². The quantitative estimate of drug-likeness (QED) is 0.717. The molecule has 0 bridgehead atoms. The molecule has 0 heterocycles. The number of halogens is 3. The number of amides is 1. The first-order valence-electron chi connectivity index (χ1n) is 6.14. The Morgan fingerprint density at radius 3 is 2.57 bits per heavy atom. The van der Waals surface area contributed by atoms with Gasteiger partial charge in [-0.15, -0.1) is 0 Å². The molecule has 1 aromatic rings. The average molecular weight is 304 g/mol. The fourth-order valence-electron chi connectivity index (χ4n) is 1.58. The molecule has 0 saturated carbocycles. The first kappa shape index (κ1) is 17.0. The standard InChI is InChI=1S/C13H15F3N2O3/c14-13(15,16)8-17-7-11(19)18-10-3-1-2-9(6-10)4-5-12(20)21/h1-3,6,17H,4-5,7-8H2,(H,18,19)(H,20,21). The Bertz CT molecular complexity index is 504. The van der Waals surface area contributed by atoms with Crippen molar-refractivity contribution in [2.24, 2.45) is 0 Å². The molecule has 0 fully saturated rings. The van der Waals surface area contributed by atoms with Crippen LogP contribution in [0.3, 0.4) is 0 Å². The minimum Gasteiger partial charge on any atom is -0.481 e. The van der Waals surface area contributed by atoms with E-state index in [1.54, 1.807) is 24.3 Å². The van der Waals surface area contributed by atoms with Gasteiger partial charge in [0, 0.05) is 12.1 Å². The number of rotatable bonds is 7. The van der Waals surface area contributed by atoms with Crippen molar-refractivity contribution < 1.29 is 27.9 Å². The normalized spacial score (nSPS) is 11.2. The van der Waals surface area contributed by atoms with Crippen LogP contribution in [0.25, 0.3) is 0 Å². The first-order valence-corrected chi connectivity index (χ1v) is 6.14. The fourth-order valence-corrected chi connectivity index (χ4v) is 1.58. The maximum Gasteiger partial charge on any atom is 0.401 e. The maximum absolute atomic E-state index is 11.9. The molecule has 0 spiro atoms. The monoisotopic (exact) mass is 304 g/mol. The number of carboxylic acids is 1. The number of aliphatic carboxylic acids is 1. The van der Waals surface area contributed by atoms with Crippen molar-refractivity contribution in [1.29, 1.82) is 0 Å². The highest BCUT2D eigenvalue weighted by Gasteiger charge is 2.26. The zero-order valence-corrected chi connectivity index (χ0v) is 11.0. The molecule has 1 rings (SSSR count). The number of carbonyl (C=O) groups is 2. The zero-order chi connectivity index (χ0) is 15.9. The molecule has 0 aliphatic rings. The van der Waals surface area contributed by atoms with Gasteiger partial charge in [0.25, 0.3) is 0 Å². The largest absolute Gasteiger partial charge is 0.481 e. The third-order valence-electron chi connectivity index (χ3n) is 2.45. The summed E-state index contributed by atoms with van der Waals surface area (Å²) in [7, 11) is 0. The number of hydrogen-bond acceptors (Lipinski definition) is 3. The topological polar surface area (TPSA) is 78.4 Å². The van der Waals surface area contributed by atoms with Crippen molar-refractivity contribution in [3.05, 3.63) is 29.8 Å². The van der Waals surface area contributed by atoms with E-state index in [9.17, 15) is 22.8 Å². The highest BCUT2D eigenvalue weighted by molar-refractivity contribution is 5.92. The summed E-state index contributed by atoms with van der Waals surface area (Å²) in [5.41, 5.74) is 1.13. The number of carbonyl (C=O) groups excluding carboxylic acids is 1. The zero-order valence-electron chi connectivity index (χ0n) is 11.0. The van der Waals surface area contributed by atoms with Crippen LogP contribution in [0.2, 0.25) is 0 Å². The van der Waals surface area contributed by atoms with Crippen LogP contribution in [0.4, 0.5) is 18.9 Å². The van der Waals surface area contributed by atoms with E-state index < -0.39 is 31.1 Å². The lowest BCUT2D eigenvalue weighted by Crippen LogP contribution is -2.35. The fraction of sp³-hybridized carbons (Fsp3) is 0.385. The average Bonchev–Trinajstić information content (AvgIpc) is 2.35. The predicted octanol–water partition coefficient (Wildman–Crippen LogP) is 1.79. The molecular weight excluding hydrogens is 289 g/mol. The Hall–Kier alpha value is -2.09. The van der Waals surface area contributed by atoms with Gasteiger partial charge in [-0.2, -0.15) is 13.2 Å². The SMILES string of the molecule is O=C(O)CCc1cccc(NC(=O)CNCC(F)(F)F)c1. The van der Waals surface area contributed by atoms with Gasteiger partial charge in [-0.3, -0.25) is 9.59 Å². The highest BCUT2D eigenvalue weighted by atomic mass is 19.4. The molecule has 0 aromatic heterocycles. The molecule has 1 aromatic carbocycles. The van der Waals surface area contributed by atoms with Gasteiger partial charge >= 0.3 is 12.1 Å². The molecule has 21 heavy (non-hydrogen) atoms. The van der Waals surface area contributed by atoms with Crippen molar-refractivity contribution in [2.45, 2.75) is 19.0 Å². The molecule has 0 aliphatic carbocycles. The number of nitrogens with one attached hydrogen (secondary N) is 2. The summed E-state index contributed by atoms with van der Waals surface area (Å²) in [6.45, 7) is -1.70. The molecular formula is C13H15F3N2O3. The van der Waals surface area contributed by atoms with Gasteiger partial charge in [-0.05, 0) is 24.1 Å². The summed E-state index contributed by atoms with van der Waals surface area (Å²) in [4.78, 5) is 21.9. The summed E-state index contributed by atoms with van der Waals surface area (Å²) in [5.74, 6) is -1.53. The number of anilines is 1. The molecule has 0 radical (unpaired) electrons. The summed E-state index contributed by atoms with van der Waals surface area (Å²) in [6, 6.07) is 6.51. The smallest absolute Gasteiger partial charge is 0.401 e. The molecule has 3 N–H and O–H groups in total. The van der Waals surface area contributed by atoms with Gasteiger partial charge in [0.1, 0.15) is 0 Å². The van der Waals surface area contributed by atoms with Crippen LogP contribution in [0.5, 0.6) is 0 Å². The van der Waals surface area contributed by atoms with Gasteiger partial charge in [-0.25, -0.2) is 0 Å². The number of alkyl halides is 3. The number of carboxylic acid groups (broad SMARTS) is 1. The second-order valence-corrected chi connectivity index (χ2v) is 4.36. The van der Waals surface area contributed by atoms with Crippen molar-refractivity contribution in [1.82, 2.24) is 5.32 Å². The van der Waals surface area contributed by atoms with Gasteiger partial charge in [0.05, 0.1) is 13.1 Å². The van der Waals surface area contributed by atoms with Crippen LogP contribution in [0.1, 0.15) is 12.0 Å². The van der Waals surface area contributed by atoms with Crippen molar-refractivity contribution in [2.75, 3.05) is 18.4 Å². The van der Waals surface area contributed by atoms with Crippen LogP contribution in [-0.4, -0.2) is 36.2 Å². The van der Waals surface area contributed by atoms with Crippen molar-refractivity contribution >= 4 is 17.6 Å². The summed E-state index contributed by atoms with van der Waals surface area (Å²) < 4.78 is 35.7. The molecule has 1 amide bonds. The molecule has 116 valence electrons. The van der Waals surface area contributed by atoms with E-state index in [0.717, 1.165) is 5.56 Å². The molecule has 5 nitrogen and oxygen atoms in total. The Kier molecular flexibility index (Phi) is 6.16. The van der Waals surface area contributed by atoms with Gasteiger partial charge < -0.3 is 15.7 Å². The van der Waals surface area contributed by atoms with Gasteiger partial charge in [-0.1, -0.05) is 12.1 Å². The number of aryl methyl sites for hydroxylation is 1. The minimum atomic E-state index is -4.36. The third kappa shape index (κ3) is 7.93. The lowest BCUT2D eigenvalue weighted by atomic mass is 10.1. The van der Waals surface area contributed by atoms with E-state index in [-0.39, 0.29) is 6.42 Å². The molecule has 0 unspecified atom stereocenters. The van der Waals surface area contributed by atoms with Crippen LogP contribution in [0, 0.1) is 0 Å². The lowest BCUT2D eigenvalue weighted by molar-refractivity contribution is -0.137. The van der Waals surface area contributed by atoms with Crippen LogP contribution < -0.4 is 10.6 Å². The summed E-state index contributed by atoms with van der Waals surface area (Å²) >= 11 is 0. The third-order valence-corrected chi connectivity index (χ3v) is 2.45. The molecule has 8 heteroatoms. The maximum atomic E-state index is 11.9. The van der Waals surface area contributed by atoms with Gasteiger partial charge in [0.2, 0.25) is 5.91 Å². The molecule has 0 saturated heterocycles. The Morgan fingerprint density at radius 2 is 1.95 bits per heavy atom. The molecule has 0 atom stereocenters. The van der Waals surface area contributed by atoms with Crippen LogP contribution >= 0.6 is 0 Å². The van der Waals surface area contributed by atoms with Crippen LogP contribution in [-0.2, 0) is 16.0 Å². The van der Waals surface area contributed by atoms with E-state index in [4.69, 9.17) is 5.11 Å². The van der Waals surface area contributed by atoms with Crippen LogP contribution in [0.15, 0.2) is 24.3 Å². The predicted molar refractivity (Wildman–Crippen MR) is 70.0 cm³/mol. The second-order valence-electron chi connectivity index (χ2n) is 4.36. The first-order chi connectivity index (χ1) is 9.76. The van der Waals surface area contributed by atoms with E-state index in [1.807, 2.05) is 5.32 Å². The van der Waals surface area contributed by atoms with Gasteiger partial charge in [0.15, 0.2) is 0 Å². The van der Waals surface area contributed by atoms with E-state index >= 15 is 0 Å². The summed E-state index contributed by atoms with van der Waals surface area (Å²) in [5, 5.41) is 13.0. The van der Waals surface area contributed by atoms with Crippen molar-refractivity contribution in [3.63, 3.8) is 0 Å². The number of hydrogen-bond donors (Lipinski definition) is 3. The Morgan fingerprint density at radius 1 is 1.24 bits per heavy atom. The Balaban J connectivity index is 2.45. The second kappa shape index (κ2) is 7.63.